The van der Waals surface area contributed by atoms with Gasteiger partial charge in [-0.15, -0.1) is 0 Å². The van der Waals surface area contributed by atoms with Gasteiger partial charge in [0.25, 0.3) is 5.91 Å². The number of para-hydroxylation sites is 1. The van der Waals surface area contributed by atoms with E-state index < -0.39 is 0 Å². The van der Waals surface area contributed by atoms with Gasteiger partial charge in [-0.25, -0.2) is 0 Å². The van der Waals surface area contributed by atoms with Crippen molar-refractivity contribution in [3.8, 4) is 5.75 Å². The Morgan fingerprint density at radius 2 is 1.68 bits per heavy atom. The summed E-state index contributed by atoms with van der Waals surface area (Å²) in [5, 5.41) is 0. The first-order valence-corrected chi connectivity index (χ1v) is 8.29. The molecule has 2 aromatic rings. The summed E-state index contributed by atoms with van der Waals surface area (Å²) < 4.78 is 5.26. The van der Waals surface area contributed by atoms with Crippen LogP contribution in [0.3, 0.4) is 0 Å². The van der Waals surface area contributed by atoms with Gasteiger partial charge >= 0.3 is 0 Å². The quantitative estimate of drug-likeness (QED) is 0.849. The average Bonchev–Trinajstić information content (AvgIpc) is 2.68. The lowest BCUT2D eigenvalue weighted by Gasteiger charge is -2.35. The second-order valence-corrected chi connectivity index (χ2v) is 5.87. The Kier molecular flexibility index (Phi) is 5.28. The summed E-state index contributed by atoms with van der Waals surface area (Å²) in [6, 6.07) is 12.8. The first-order chi connectivity index (χ1) is 12.2. The first-order valence-electron chi connectivity index (χ1n) is 8.29. The standard InChI is InChI=1S/C19H21N3O3/c1-25-17-8-3-2-7-16(17)19(24)22-12-10-21(11-13-22)18(23)14-15-6-4-5-9-20-15/h2-9H,10-14H2,1H3. The van der Waals surface area contributed by atoms with Crippen molar-refractivity contribution >= 4 is 11.8 Å². The lowest BCUT2D eigenvalue weighted by molar-refractivity contribution is -0.132. The number of pyridine rings is 1. The van der Waals surface area contributed by atoms with Crippen LogP contribution >= 0.6 is 0 Å². The van der Waals surface area contributed by atoms with E-state index in [4.69, 9.17) is 4.74 Å². The fraction of sp³-hybridized carbons (Fsp3) is 0.316. The third kappa shape index (κ3) is 3.96. The van der Waals surface area contributed by atoms with E-state index in [-0.39, 0.29) is 11.8 Å². The zero-order valence-corrected chi connectivity index (χ0v) is 14.2. The van der Waals surface area contributed by atoms with Gasteiger partial charge in [0.05, 0.1) is 19.1 Å². The second-order valence-electron chi connectivity index (χ2n) is 5.87. The van der Waals surface area contributed by atoms with Gasteiger partial charge in [0.1, 0.15) is 5.75 Å². The van der Waals surface area contributed by atoms with E-state index in [1.807, 2.05) is 30.3 Å². The number of ether oxygens (including phenoxy) is 1. The van der Waals surface area contributed by atoms with Gasteiger partial charge in [-0.1, -0.05) is 18.2 Å². The number of hydrogen-bond acceptors (Lipinski definition) is 4. The van der Waals surface area contributed by atoms with Crippen molar-refractivity contribution in [2.45, 2.75) is 6.42 Å². The number of aromatic nitrogens is 1. The maximum atomic E-state index is 12.7. The molecule has 0 spiro atoms. The van der Waals surface area contributed by atoms with Crippen LogP contribution in [0.5, 0.6) is 5.75 Å². The number of amides is 2. The number of nitrogens with zero attached hydrogens (tertiary/aromatic N) is 3. The summed E-state index contributed by atoms with van der Waals surface area (Å²) in [7, 11) is 1.56. The van der Waals surface area contributed by atoms with Gasteiger partial charge in [0.2, 0.25) is 5.91 Å². The van der Waals surface area contributed by atoms with Crippen LogP contribution in [0.2, 0.25) is 0 Å². The predicted molar refractivity (Wildman–Crippen MR) is 93.4 cm³/mol. The highest BCUT2D eigenvalue weighted by atomic mass is 16.5. The molecule has 1 aromatic heterocycles. The number of piperazine rings is 1. The summed E-state index contributed by atoms with van der Waals surface area (Å²) in [6.07, 6.45) is 1.98. The highest BCUT2D eigenvalue weighted by Crippen LogP contribution is 2.20. The number of carbonyl (C=O) groups is 2. The van der Waals surface area contributed by atoms with Crippen LogP contribution in [0.1, 0.15) is 16.1 Å². The molecular formula is C19H21N3O3. The van der Waals surface area contributed by atoms with Crippen molar-refractivity contribution in [3.63, 3.8) is 0 Å². The Morgan fingerprint density at radius 1 is 1.00 bits per heavy atom. The van der Waals surface area contributed by atoms with Gasteiger partial charge in [-0.05, 0) is 24.3 Å². The van der Waals surface area contributed by atoms with Crippen LogP contribution in [0.4, 0.5) is 0 Å². The molecule has 1 fully saturated rings. The molecule has 0 aliphatic carbocycles. The Bertz CT molecular complexity index is 741. The Hall–Kier alpha value is -2.89. The number of carbonyl (C=O) groups excluding carboxylic acids is 2. The molecule has 0 atom stereocenters. The molecule has 3 rings (SSSR count). The topological polar surface area (TPSA) is 62.7 Å². The Balaban J connectivity index is 1.58. The molecule has 6 nitrogen and oxygen atoms in total. The molecule has 0 radical (unpaired) electrons. The molecule has 0 bridgehead atoms. The fourth-order valence-electron chi connectivity index (χ4n) is 2.92. The van der Waals surface area contributed by atoms with E-state index in [1.165, 1.54) is 0 Å². The summed E-state index contributed by atoms with van der Waals surface area (Å²) in [5.41, 5.74) is 1.32. The Morgan fingerprint density at radius 3 is 2.36 bits per heavy atom. The van der Waals surface area contributed by atoms with E-state index in [0.717, 1.165) is 5.69 Å². The SMILES string of the molecule is COc1ccccc1C(=O)N1CCN(C(=O)Cc2ccccn2)CC1. The van der Waals surface area contributed by atoms with Crippen LogP contribution in [-0.4, -0.2) is 59.9 Å². The summed E-state index contributed by atoms with van der Waals surface area (Å²) in [6.45, 7) is 2.11. The molecule has 1 aliphatic heterocycles. The van der Waals surface area contributed by atoms with Gasteiger partial charge in [0, 0.05) is 38.1 Å². The highest BCUT2D eigenvalue weighted by molar-refractivity contribution is 5.97. The van der Waals surface area contributed by atoms with Gasteiger partial charge in [-0.2, -0.15) is 0 Å². The number of rotatable bonds is 4. The smallest absolute Gasteiger partial charge is 0.257 e. The maximum Gasteiger partial charge on any atom is 0.257 e. The average molecular weight is 339 g/mol. The normalized spacial score (nSPS) is 14.3. The van der Waals surface area contributed by atoms with E-state index in [1.54, 1.807) is 35.2 Å². The largest absolute Gasteiger partial charge is 0.496 e. The lowest BCUT2D eigenvalue weighted by atomic mass is 10.1. The van der Waals surface area contributed by atoms with Crippen LogP contribution in [-0.2, 0) is 11.2 Å². The third-order valence-electron chi connectivity index (χ3n) is 4.32. The highest BCUT2D eigenvalue weighted by Gasteiger charge is 2.26. The zero-order valence-electron chi connectivity index (χ0n) is 14.2. The first kappa shape index (κ1) is 17.0. The molecule has 1 aliphatic rings. The molecule has 2 amide bonds. The number of methoxy groups -OCH3 is 1. The minimum atomic E-state index is -0.0609. The van der Waals surface area contributed by atoms with Crippen LogP contribution in [0, 0.1) is 0 Å². The molecule has 130 valence electrons. The minimum absolute atomic E-state index is 0.0445. The Labute approximate surface area is 147 Å². The fourth-order valence-corrected chi connectivity index (χ4v) is 2.92. The van der Waals surface area contributed by atoms with Crippen molar-refractivity contribution in [2.75, 3.05) is 33.3 Å². The van der Waals surface area contributed by atoms with Crippen LogP contribution in [0.15, 0.2) is 48.7 Å². The van der Waals surface area contributed by atoms with E-state index in [2.05, 4.69) is 4.98 Å². The molecule has 0 unspecified atom stereocenters. The third-order valence-corrected chi connectivity index (χ3v) is 4.32. The van der Waals surface area contributed by atoms with Crippen molar-refractivity contribution in [3.05, 3.63) is 59.9 Å². The second kappa shape index (κ2) is 7.79. The number of benzene rings is 1. The number of hydrogen-bond donors (Lipinski definition) is 0. The molecule has 25 heavy (non-hydrogen) atoms. The lowest BCUT2D eigenvalue weighted by Crippen LogP contribution is -2.51. The molecule has 1 aromatic carbocycles. The molecule has 2 heterocycles. The van der Waals surface area contributed by atoms with Crippen LogP contribution < -0.4 is 4.74 Å². The van der Waals surface area contributed by atoms with E-state index in [0.29, 0.717) is 43.9 Å². The van der Waals surface area contributed by atoms with Crippen molar-refractivity contribution in [2.24, 2.45) is 0 Å². The van der Waals surface area contributed by atoms with Gasteiger partial charge in [-0.3, -0.25) is 14.6 Å². The van der Waals surface area contributed by atoms with E-state index >= 15 is 0 Å². The summed E-state index contributed by atoms with van der Waals surface area (Å²) in [5.74, 6) is 0.554. The summed E-state index contributed by atoms with van der Waals surface area (Å²) in [4.78, 5) is 32.8. The van der Waals surface area contributed by atoms with Crippen LogP contribution in [0.25, 0.3) is 0 Å². The van der Waals surface area contributed by atoms with Crippen molar-refractivity contribution < 1.29 is 14.3 Å². The van der Waals surface area contributed by atoms with Gasteiger partial charge in [0.15, 0.2) is 0 Å². The van der Waals surface area contributed by atoms with E-state index in [9.17, 15) is 9.59 Å². The monoisotopic (exact) mass is 339 g/mol. The zero-order chi connectivity index (χ0) is 17.6. The minimum Gasteiger partial charge on any atom is -0.496 e. The van der Waals surface area contributed by atoms with Crippen molar-refractivity contribution in [1.29, 1.82) is 0 Å². The maximum absolute atomic E-state index is 12.7. The van der Waals surface area contributed by atoms with Crippen molar-refractivity contribution in [1.82, 2.24) is 14.8 Å². The molecule has 0 saturated carbocycles. The molecule has 1 saturated heterocycles. The predicted octanol–water partition coefficient (Wildman–Crippen LogP) is 1.62. The van der Waals surface area contributed by atoms with Gasteiger partial charge < -0.3 is 14.5 Å². The summed E-state index contributed by atoms with van der Waals surface area (Å²) >= 11 is 0. The molecular weight excluding hydrogens is 318 g/mol. The molecule has 0 N–H and O–H groups in total. The molecule has 6 heteroatoms.